The molecular formula is C7H11N3OS. The van der Waals surface area contributed by atoms with Crippen LogP contribution in [0.3, 0.4) is 0 Å². The highest BCUT2D eigenvalue weighted by atomic mass is 32.1. The third-order valence-corrected chi connectivity index (χ3v) is 2.47. The largest absolute Gasteiger partial charge is 0.388 e. The van der Waals surface area contributed by atoms with E-state index in [4.69, 9.17) is 0 Å². The van der Waals surface area contributed by atoms with Crippen LogP contribution in [0.4, 0.5) is 0 Å². The molecule has 1 aromatic heterocycles. The second-order valence-corrected chi connectivity index (χ2v) is 4.15. The van der Waals surface area contributed by atoms with Gasteiger partial charge in [0.25, 0.3) is 0 Å². The van der Waals surface area contributed by atoms with Crippen molar-refractivity contribution in [1.82, 2.24) is 14.5 Å². The zero-order valence-corrected chi connectivity index (χ0v) is 7.71. The Morgan fingerprint density at radius 3 is 3.00 bits per heavy atom. The Balaban J connectivity index is 1.84. The van der Waals surface area contributed by atoms with Crippen molar-refractivity contribution in [2.24, 2.45) is 0 Å². The van der Waals surface area contributed by atoms with Crippen LogP contribution in [0, 0.1) is 0 Å². The van der Waals surface area contributed by atoms with E-state index in [1.165, 1.54) is 11.5 Å². The third kappa shape index (κ3) is 1.63. The zero-order chi connectivity index (χ0) is 8.60. The summed E-state index contributed by atoms with van der Waals surface area (Å²) in [6, 6.07) is 0. The summed E-state index contributed by atoms with van der Waals surface area (Å²) in [4.78, 5) is 2.15. The van der Waals surface area contributed by atoms with Crippen molar-refractivity contribution in [3.63, 3.8) is 0 Å². The lowest BCUT2D eigenvalue weighted by molar-refractivity contribution is -0.0875. The molecule has 0 spiro atoms. The number of hydrogen-bond acceptors (Lipinski definition) is 5. The highest BCUT2D eigenvalue weighted by Crippen LogP contribution is 2.21. The van der Waals surface area contributed by atoms with Crippen LogP contribution in [-0.2, 0) is 6.54 Å². The van der Waals surface area contributed by atoms with Crippen LogP contribution in [0.5, 0.6) is 0 Å². The van der Waals surface area contributed by atoms with E-state index in [0.717, 1.165) is 25.3 Å². The van der Waals surface area contributed by atoms with Crippen LogP contribution >= 0.6 is 11.5 Å². The van der Waals surface area contributed by atoms with Crippen LogP contribution < -0.4 is 0 Å². The van der Waals surface area contributed by atoms with E-state index in [1.54, 1.807) is 0 Å². The molecule has 0 aromatic carbocycles. The highest BCUT2D eigenvalue weighted by Gasteiger charge is 2.36. The molecule has 1 fully saturated rings. The van der Waals surface area contributed by atoms with Crippen LogP contribution in [-0.4, -0.2) is 38.3 Å². The Morgan fingerprint density at radius 1 is 1.75 bits per heavy atom. The Morgan fingerprint density at radius 2 is 2.50 bits per heavy atom. The van der Waals surface area contributed by atoms with E-state index >= 15 is 0 Å². The first-order valence-electron chi connectivity index (χ1n) is 3.86. The summed E-state index contributed by atoms with van der Waals surface area (Å²) < 4.78 is 3.77. The minimum absolute atomic E-state index is 0.483. The van der Waals surface area contributed by atoms with Crippen LogP contribution in [0.1, 0.15) is 12.6 Å². The second-order valence-electron chi connectivity index (χ2n) is 3.54. The molecule has 5 heteroatoms. The van der Waals surface area contributed by atoms with Gasteiger partial charge in [-0.15, -0.1) is 5.10 Å². The molecule has 0 amide bonds. The van der Waals surface area contributed by atoms with Gasteiger partial charge in [-0.2, -0.15) is 0 Å². The zero-order valence-electron chi connectivity index (χ0n) is 6.90. The first-order chi connectivity index (χ1) is 5.66. The van der Waals surface area contributed by atoms with Gasteiger partial charge in [0.05, 0.1) is 11.3 Å². The number of hydrogen-bond donors (Lipinski definition) is 1. The fraction of sp³-hybridized carbons (Fsp3) is 0.714. The molecule has 66 valence electrons. The Kier molecular flexibility index (Phi) is 1.86. The monoisotopic (exact) mass is 185 g/mol. The van der Waals surface area contributed by atoms with Crippen molar-refractivity contribution in [2.75, 3.05) is 13.1 Å². The van der Waals surface area contributed by atoms with Gasteiger partial charge in [-0.3, -0.25) is 4.90 Å². The lowest BCUT2D eigenvalue weighted by Crippen LogP contribution is -2.59. The molecule has 0 radical (unpaired) electrons. The molecule has 1 aliphatic heterocycles. The lowest BCUT2D eigenvalue weighted by Gasteiger charge is -2.43. The summed E-state index contributed by atoms with van der Waals surface area (Å²) in [6.07, 6.45) is 0. The van der Waals surface area contributed by atoms with Gasteiger partial charge in [0.2, 0.25) is 0 Å². The lowest BCUT2D eigenvalue weighted by atomic mass is 9.97. The van der Waals surface area contributed by atoms with Gasteiger partial charge in [0.1, 0.15) is 0 Å². The predicted molar refractivity (Wildman–Crippen MR) is 45.8 cm³/mol. The standard InChI is InChI=1S/C7H11N3OS/c1-7(11)4-10(5-7)2-6-3-12-9-8-6/h3,11H,2,4-5H2,1H3. The topological polar surface area (TPSA) is 49.2 Å². The average Bonchev–Trinajstić information content (AvgIpc) is 2.35. The maximum atomic E-state index is 9.44. The summed E-state index contributed by atoms with van der Waals surface area (Å²) in [5.74, 6) is 0. The van der Waals surface area contributed by atoms with E-state index < -0.39 is 5.60 Å². The number of nitrogens with zero attached hydrogens (tertiary/aromatic N) is 3. The van der Waals surface area contributed by atoms with Crippen molar-refractivity contribution < 1.29 is 5.11 Å². The fourth-order valence-corrected chi connectivity index (χ4v) is 1.95. The molecule has 12 heavy (non-hydrogen) atoms. The van der Waals surface area contributed by atoms with Gasteiger partial charge in [-0.05, 0) is 18.5 Å². The average molecular weight is 185 g/mol. The number of aromatic nitrogens is 2. The minimum Gasteiger partial charge on any atom is -0.388 e. The van der Waals surface area contributed by atoms with Gasteiger partial charge in [0.15, 0.2) is 0 Å². The van der Waals surface area contributed by atoms with Crippen LogP contribution in [0.25, 0.3) is 0 Å². The molecular weight excluding hydrogens is 174 g/mol. The van der Waals surface area contributed by atoms with Crippen LogP contribution in [0.2, 0.25) is 0 Å². The van der Waals surface area contributed by atoms with E-state index in [0.29, 0.717) is 0 Å². The van der Waals surface area contributed by atoms with Gasteiger partial charge >= 0.3 is 0 Å². The quantitative estimate of drug-likeness (QED) is 0.710. The molecule has 1 aromatic rings. The first kappa shape index (κ1) is 8.10. The predicted octanol–water partition coefficient (Wildman–Crippen LogP) is 0.105. The van der Waals surface area contributed by atoms with Crippen molar-refractivity contribution >= 4 is 11.5 Å². The van der Waals surface area contributed by atoms with Crippen molar-refractivity contribution in [2.45, 2.75) is 19.1 Å². The Labute approximate surface area is 75.0 Å². The van der Waals surface area contributed by atoms with Gasteiger partial charge in [0, 0.05) is 25.0 Å². The molecule has 0 saturated carbocycles. The molecule has 0 atom stereocenters. The molecule has 2 heterocycles. The number of rotatable bonds is 2. The van der Waals surface area contributed by atoms with Crippen molar-refractivity contribution in [1.29, 1.82) is 0 Å². The maximum absolute atomic E-state index is 9.44. The molecule has 1 saturated heterocycles. The Bertz CT molecular complexity index is 252. The third-order valence-electron chi connectivity index (χ3n) is 1.92. The van der Waals surface area contributed by atoms with E-state index in [1.807, 2.05) is 12.3 Å². The van der Waals surface area contributed by atoms with E-state index in [-0.39, 0.29) is 0 Å². The second kappa shape index (κ2) is 2.76. The van der Waals surface area contributed by atoms with E-state index in [9.17, 15) is 5.11 Å². The summed E-state index contributed by atoms with van der Waals surface area (Å²) >= 11 is 1.37. The highest BCUT2D eigenvalue weighted by molar-refractivity contribution is 7.03. The van der Waals surface area contributed by atoms with Gasteiger partial charge in [-0.25, -0.2) is 0 Å². The van der Waals surface area contributed by atoms with Gasteiger partial charge < -0.3 is 5.11 Å². The van der Waals surface area contributed by atoms with E-state index in [2.05, 4.69) is 14.5 Å². The smallest absolute Gasteiger partial charge is 0.0895 e. The SMILES string of the molecule is CC1(O)CN(Cc2csnn2)C1. The number of β-amino-alcohol motifs (C(OH)–C–C–N with tert-alkyl or cyclic N) is 1. The molecule has 1 aliphatic rings. The summed E-state index contributed by atoms with van der Waals surface area (Å²) in [7, 11) is 0. The maximum Gasteiger partial charge on any atom is 0.0895 e. The fourth-order valence-electron chi connectivity index (χ4n) is 1.51. The van der Waals surface area contributed by atoms with Crippen molar-refractivity contribution in [3.05, 3.63) is 11.1 Å². The van der Waals surface area contributed by atoms with Crippen molar-refractivity contribution in [3.8, 4) is 0 Å². The number of aliphatic hydroxyl groups is 1. The molecule has 0 aliphatic carbocycles. The molecule has 0 bridgehead atoms. The normalized spacial score (nSPS) is 22.2. The first-order valence-corrected chi connectivity index (χ1v) is 4.70. The summed E-state index contributed by atoms with van der Waals surface area (Å²) in [5.41, 5.74) is 0.513. The van der Waals surface area contributed by atoms with Gasteiger partial charge in [-0.1, -0.05) is 4.49 Å². The minimum atomic E-state index is -0.483. The molecule has 4 nitrogen and oxygen atoms in total. The molecule has 1 N–H and O–H groups in total. The summed E-state index contributed by atoms with van der Waals surface area (Å²) in [5, 5.41) is 15.3. The summed E-state index contributed by atoms with van der Waals surface area (Å²) in [6.45, 7) is 4.14. The Hall–Kier alpha value is -0.520. The molecule has 2 rings (SSSR count). The number of likely N-dealkylation sites (tertiary alicyclic amines) is 1. The molecule has 0 unspecified atom stereocenters. The van der Waals surface area contributed by atoms with Crippen LogP contribution in [0.15, 0.2) is 5.38 Å².